The summed E-state index contributed by atoms with van der Waals surface area (Å²) in [7, 11) is 0. The molecule has 0 spiro atoms. The molecule has 0 saturated heterocycles. The number of ketones is 1. The molecule has 0 saturated carbocycles. The van der Waals surface area contributed by atoms with E-state index in [4.69, 9.17) is 0 Å². The van der Waals surface area contributed by atoms with Crippen molar-refractivity contribution in [2.24, 2.45) is 5.92 Å². The highest BCUT2D eigenvalue weighted by molar-refractivity contribution is 5.75. The third-order valence-electron chi connectivity index (χ3n) is 1.81. The minimum atomic E-state index is -0.218. The Hall–Kier alpha value is -0.370. The molecule has 12 heavy (non-hydrogen) atoms. The van der Waals surface area contributed by atoms with Gasteiger partial charge in [0, 0.05) is 6.42 Å². The Labute approximate surface area is 75.0 Å². The van der Waals surface area contributed by atoms with E-state index in [1.807, 2.05) is 0 Å². The molecule has 0 aromatic carbocycles. The molecular weight excluding hydrogens is 152 g/mol. The number of aliphatic hydroxyl groups is 1. The molecule has 0 heterocycles. The molecule has 1 atom stereocenters. The van der Waals surface area contributed by atoms with Crippen LogP contribution in [0.3, 0.4) is 0 Å². The third-order valence-corrected chi connectivity index (χ3v) is 1.81. The predicted molar refractivity (Wildman–Crippen MR) is 50.0 cm³/mol. The van der Waals surface area contributed by atoms with E-state index in [1.165, 1.54) is 0 Å². The molecule has 0 aliphatic carbocycles. The summed E-state index contributed by atoms with van der Waals surface area (Å²) < 4.78 is 0. The lowest BCUT2D eigenvalue weighted by Crippen LogP contribution is -2.10. The second-order valence-electron chi connectivity index (χ2n) is 3.88. The van der Waals surface area contributed by atoms with Crippen LogP contribution in [0.1, 0.15) is 46.5 Å². The average molecular weight is 172 g/mol. The molecule has 0 rings (SSSR count). The smallest absolute Gasteiger partial charge is 0.129 e. The average Bonchev–Trinajstić information content (AvgIpc) is 1.84. The normalized spacial score (nSPS) is 13.4. The summed E-state index contributed by atoms with van der Waals surface area (Å²) in [4.78, 5) is 10.6. The van der Waals surface area contributed by atoms with Crippen LogP contribution in [0.5, 0.6) is 0 Å². The van der Waals surface area contributed by atoms with E-state index in [0.717, 1.165) is 19.3 Å². The molecule has 0 aromatic rings. The summed E-state index contributed by atoms with van der Waals surface area (Å²) >= 11 is 0. The summed E-state index contributed by atoms with van der Waals surface area (Å²) in [6, 6.07) is 0. The van der Waals surface area contributed by atoms with Gasteiger partial charge in [-0.3, -0.25) is 0 Å². The van der Waals surface area contributed by atoms with Gasteiger partial charge in [0.2, 0.25) is 0 Å². The zero-order chi connectivity index (χ0) is 9.56. The van der Waals surface area contributed by atoms with Gasteiger partial charge >= 0.3 is 0 Å². The van der Waals surface area contributed by atoms with Crippen LogP contribution >= 0.6 is 0 Å². The number of rotatable bonds is 6. The SMILES string of the molecule is CC(=O)CCCC(O)CC(C)C. The van der Waals surface area contributed by atoms with Crippen molar-refractivity contribution < 1.29 is 9.90 Å². The highest BCUT2D eigenvalue weighted by atomic mass is 16.3. The Kier molecular flexibility index (Phi) is 5.99. The first kappa shape index (κ1) is 11.6. The van der Waals surface area contributed by atoms with Crippen LogP contribution in [0.15, 0.2) is 0 Å². The summed E-state index contributed by atoms with van der Waals surface area (Å²) in [5.74, 6) is 0.754. The summed E-state index contributed by atoms with van der Waals surface area (Å²) in [5, 5.41) is 9.42. The van der Waals surface area contributed by atoms with E-state index in [1.54, 1.807) is 6.92 Å². The molecule has 0 aliphatic heterocycles. The fourth-order valence-electron chi connectivity index (χ4n) is 1.25. The van der Waals surface area contributed by atoms with Gasteiger partial charge in [-0.2, -0.15) is 0 Å². The fourth-order valence-corrected chi connectivity index (χ4v) is 1.25. The molecule has 1 unspecified atom stereocenters. The van der Waals surface area contributed by atoms with E-state index >= 15 is 0 Å². The number of hydrogen-bond donors (Lipinski definition) is 1. The zero-order valence-electron chi connectivity index (χ0n) is 8.34. The molecule has 2 nitrogen and oxygen atoms in total. The van der Waals surface area contributed by atoms with Crippen molar-refractivity contribution in [1.29, 1.82) is 0 Å². The number of Topliss-reactive ketones (excluding diaryl/α,β-unsaturated/α-hetero) is 1. The van der Waals surface area contributed by atoms with Crippen molar-refractivity contribution in [3.8, 4) is 0 Å². The summed E-state index contributed by atoms with van der Waals surface area (Å²) in [5.41, 5.74) is 0. The fraction of sp³-hybridized carbons (Fsp3) is 0.900. The van der Waals surface area contributed by atoms with Crippen molar-refractivity contribution in [2.45, 2.75) is 52.6 Å². The Bertz CT molecular complexity index is 130. The van der Waals surface area contributed by atoms with Gasteiger partial charge in [-0.05, 0) is 32.1 Å². The van der Waals surface area contributed by atoms with E-state index in [0.29, 0.717) is 12.3 Å². The highest BCUT2D eigenvalue weighted by Crippen LogP contribution is 2.10. The van der Waals surface area contributed by atoms with Crippen LogP contribution in [0, 0.1) is 5.92 Å². The van der Waals surface area contributed by atoms with Crippen molar-refractivity contribution >= 4 is 5.78 Å². The minimum Gasteiger partial charge on any atom is -0.393 e. The maximum Gasteiger partial charge on any atom is 0.129 e. The maximum atomic E-state index is 10.6. The molecule has 0 radical (unpaired) electrons. The molecule has 0 aromatic heterocycles. The second-order valence-corrected chi connectivity index (χ2v) is 3.88. The van der Waals surface area contributed by atoms with Crippen molar-refractivity contribution in [3.63, 3.8) is 0 Å². The Morgan fingerprint density at radius 3 is 2.42 bits per heavy atom. The van der Waals surface area contributed by atoms with Crippen molar-refractivity contribution in [1.82, 2.24) is 0 Å². The van der Waals surface area contributed by atoms with Gasteiger partial charge in [-0.1, -0.05) is 13.8 Å². The largest absolute Gasteiger partial charge is 0.393 e. The molecule has 0 amide bonds. The number of carbonyl (C=O) groups excluding carboxylic acids is 1. The number of hydrogen-bond acceptors (Lipinski definition) is 2. The monoisotopic (exact) mass is 172 g/mol. The van der Waals surface area contributed by atoms with Crippen LogP contribution in [-0.2, 0) is 4.79 Å². The van der Waals surface area contributed by atoms with Crippen LogP contribution in [-0.4, -0.2) is 17.0 Å². The Morgan fingerprint density at radius 2 is 2.00 bits per heavy atom. The van der Waals surface area contributed by atoms with E-state index in [2.05, 4.69) is 13.8 Å². The van der Waals surface area contributed by atoms with Crippen molar-refractivity contribution in [2.75, 3.05) is 0 Å². The Balaban J connectivity index is 3.31. The van der Waals surface area contributed by atoms with E-state index < -0.39 is 0 Å². The topological polar surface area (TPSA) is 37.3 Å². The second kappa shape index (κ2) is 6.18. The Morgan fingerprint density at radius 1 is 1.42 bits per heavy atom. The zero-order valence-corrected chi connectivity index (χ0v) is 8.34. The number of aliphatic hydroxyl groups excluding tert-OH is 1. The van der Waals surface area contributed by atoms with Crippen LogP contribution in [0.25, 0.3) is 0 Å². The molecular formula is C10H20O2. The predicted octanol–water partition coefficient (Wildman–Crippen LogP) is 2.15. The molecule has 72 valence electrons. The summed E-state index contributed by atoms with van der Waals surface area (Å²) in [6.45, 7) is 5.78. The molecule has 0 fully saturated rings. The van der Waals surface area contributed by atoms with Crippen LogP contribution < -0.4 is 0 Å². The van der Waals surface area contributed by atoms with Gasteiger partial charge in [0.05, 0.1) is 6.10 Å². The van der Waals surface area contributed by atoms with Gasteiger partial charge in [-0.25, -0.2) is 0 Å². The quantitative estimate of drug-likeness (QED) is 0.666. The lowest BCUT2D eigenvalue weighted by molar-refractivity contribution is -0.117. The lowest BCUT2D eigenvalue weighted by Gasteiger charge is -2.11. The van der Waals surface area contributed by atoms with Gasteiger partial charge in [0.25, 0.3) is 0 Å². The molecule has 0 aliphatic rings. The molecule has 1 N–H and O–H groups in total. The van der Waals surface area contributed by atoms with Gasteiger partial charge in [0.1, 0.15) is 5.78 Å². The lowest BCUT2D eigenvalue weighted by atomic mass is 10.0. The van der Waals surface area contributed by atoms with Gasteiger partial charge < -0.3 is 9.90 Å². The van der Waals surface area contributed by atoms with Gasteiger partial charge in [0.15, 0.2) is 0 Å². The minimum absolute atomic E-state index is 0.215. The first-order chi connectivity index (χ1) is 5.52. The van der Waals surface area contributed by atoms with Crippen LogP contribution in [0.2, 0.25) is 0 Å². The van der Waals surface area contributed by atoms with Gasteiger partial charge in [-0.15, -0.1) is 0 Å². The van der Waals surface area contributed by atoms with E-state index in [-0.39, 0.29) is 11.9 Å². The highest BCUT2D eigenvalue weighted by Gasteiger charge is 2.06. The molecule has 2 heteroatoms. The van der Waals surface area contributed by atoms with E-state index in [9.17, 15) is 9.90 Å². The maximum absolute atomic E-state index is 10.6. The standard InChI is InChI=1S/C10H20O2/c1-8(2)7-10(12)6-4-5-9(3)11/h8,10,12H,4-7H2,1-3H3. The first-order valence-electron chi connectivity index (χ1n) is 4.70. The number of carbonyl (C=O) groups is 1. The first-order valence-corrected chi connectivity index (χ1v) is 4.70. The third kappa shape index (κ3) is 7.73. The summed E-state index contributed by atoms with van der Waals surface area (Å²) in [6.07, 6.45) is 2.82. The molecule has 0 bridgehead atoms. The van der Waals surface area contributed by atoms with Crippen LogP contribution in [0.4, 0.5) is 0 Å². The van der Waals surface area contributed by atoms with Crippen molar-refractivity contribution in [3.05, 3.63) is 0 Å².